The lowest BCUT2D eigenvalue weighted by Gasteiger charge is -2.29. The maximum atomic E-state index is 3.44. The average molecular weight is 189 g/mol. The summed E-state index contributed by atoms with van der Waals surface area (Å²) in [7, 11) is 0. The van der Waals surface area contributed by atoms with Crippen LogP contribution < -0.4 is 5.32 Å². The van der Waals surface area contributed by atoms with Crippen LogP contribution in [0, 0.1) is 0 Å². The van der Waals surface area contributed by atoms with E-state index in [0.717, 1.165) is 0 Å². The van der Waals surface area contributed by atoms with Gasteiger partial charge in [-0.1, -0.05) is 45.0 Å². The van der Waals surface area contributed by atoms with Gasteiger partial charge in [-0.3, -0.25) is 0 Å². The Bertz CT molecular complexity index is 318. The Morgan fingerprint density at radius 2 is 2.00 bits per heavy atom. The fourth-order valence-electron chi connectivity index (χ4n) is 1.80. The molecule has 0 saturated carbocycles. The van der Waals surface area contributed by atoms with Crippen molar-refractivity contribution >= 4 is 0 Å². The summed E-state index contributed by atoms with van der Waals surface area (Å²) < 4.78 is 0. The lowest BCUT2D eigenvalue weighted by atomic mass is 9.84. The smallest absolute Gasteiger partial charge is 0.0332 e. The molecule has 0 aromatic heterocycles. The molecule has 2 rings (SSSR count). The highest BCUT2D eigenvalue weighted by molar-refractivity contribution is 5.31. The third-order valence-corrected chi connectivity index (χ3v) is 2.98. The van der Waals surface area contributed by atoms with E-state index in [1.807, 2.05) is 0 Å². The van der Waals surface area contributed by atoms with Crippen molar-refractivity contribution in [2.75, 3.05) is 6.54 Å². The van der Waals surface area contributed by atoms with E-state index in [-0.39, 0.29) is 5.41 Å². The van der Waals surface area contributed by atoms with Crippen LogP contribution in [0.2, 0.25) is 0 Å². The summed E-state index contributed by atoms with van der Waals surface area (Å²) in [5, 5.41) is 3.44. The van der Waals surface area contributed by atoms with Crippen LogP contribution in [0.25, 0.3) is 0 Å². The molecule has 1 aromatic carbocycles. The zero-order valence-electron chi connectivity index (χ0n) is 9.30. The van der Waals surface area contributed by atoms with Gasteiger partial charge in [0.15, 0.2) is 0 Å². The molecule has 14 heavy (non-hydrogen) atoms. The molecule has 76 valence electrons. The van der Waals surface area contributed by atoms with Crippen molar-refractivity contribution in [3.63, 3.8) is 0 Å². The lowest BCUT2D eigenvalue weighted by molar-refractivity contribution is 0.382. The second kappa shape index (κ2) is 3.39. The highest BCUT2D eigenvalue weighted by Gasteiger charge is 2.20. The van der Waals surface area contributed by atoms with Crippen LogP contribution >= 0.6 is 0 Å². The van der Waals surface area contributed by atoms with E-state index in [1.165, 1.54) is 24.1 Å². The molecule has 1 heterocycles. The van der Waals surface area contributed by atoms with Gasteiger partial charge in [-0.05, 0) is 29.5 Å². The van der Waals surface area contributed by atoms with Gasteiger partial charge in [0.1, 0.15) is 0 Å². The molecule has 1 aliphatic heterocycles. The van der Waals surface area contributed by atoms with Crippen LogP contribution in [0.3, 0.4) is 0 Å². The summed E-state index contributed by atoms with van der Waals surface area (Å²) in [5.41, 5.74) is 3.15. The van der Waals surface area contributed by atoms with Gasteiger partial charge in [0, 0.05) is 6.04 Å². The van der Waals surface area contributed by atoms with E-state index in [2.05, 4.69) is 50.4 Å². The van der Waals surface area contributed by atoms with Gasteiger partial charge in [-0.25, -0.2) is 0 Å². The van der Waals surface area contributed by atoms with Crippen LogP contribution in [-0.4, -0.2) is 6.54 Å². The lowest BCUT2D eigenvalue weighted by Crippen LogP contribution is -2.35. The molecule has 0 unspecified atom stereocenters. The quantitative estimate of drug-likeness (QED) is 0.716. The van der Waals surface area contributed by atoms with E-state index in [0.29, 0.717) is 6.04 Å². The Morgan fingerprint density at radius 3 is 2.50 bits per heavy atom. The van der Waals surface area contributed by atoms with E-state index < -0.39 is 0 Å². The Labute approximate surface area is 86.5 Å². The highest BCUT2D eigenvalue weighted by Crippen LogP contribution is 2.28. The molecule has 1 N–H and O–H groups in total. The van der Waals surface area contributed by atoms with Crippen molar-refractivity contribution in [3.8, 4) is 0 Å². The Balaban J connectivity index is 2.26. The van der Waals surface area contributed by atoms with Crippen molar-refractivity contribution < 1.29 is 0 Å². The van der Waals surface area contributed by atoms with Crippen molar-refractivity contribution in [2.24, 2.45) is 0 Å². The van der Waals surface area contributed by atoms with Crippen molar-refractivity contribution in [1.29, 1.82) is 0 Å². The summed E-state index contributed by atoms with van der Waals surface area (Å²) in [6.07, 6.45) is 1.29. The van der Waals surface area contributed by atoms with Gasteiger partial charge in [-0.2, -0.15) is 0 Å². The van der Waals surface area contributed by atoms with Crippen molar-refractivity contribution in [1.82, 2.24) is 5.32 Å². The summed E-state index contributed by atoms with van der Waals surface area (Å²) in [6, 6.07) is 9.58. The minimum absolute atomic E-state index is 0.264. The maximum absolute atomic E-state index is 3.44. The van der Waals surface area contributed by atoms with E-state index in [1.54, 1.807) is 0 Å². The molecule has 1 nitrogen and oxygen atoms in total. The molecule has 0 bridgehead atoms. The zero-order valence-corrected chi connectivity index (χ0v) is 9.30. The van der Waals surface area contributed by atoms with Crippen molar-refractivity contribution in [2.45, 2.75) is 38.6 Å². The molecule has 0 radical (unpaired) electrons. The van der Waals surface area contributed by atoms with Gasteiger partial charge in [0.05, 0.1) is 0 Å². The van der Waals surface area contributed by atoms with Crippen LogP contribution in [0.15, 0.2) is 24.3 Å². The predicted octanol–water partition coefficient (Wildman–Crippen LogP) is 3.02. The molecule has 1 aromatic rings. The Hall–Kier alpha value is -0.820. The first-order valence-corrected chi connectivity index (χ1v) is 5.41. The molecular formula is C13H19N. The molecule has 0 amide bonds. The third kappa shape index (κ3) is 1.83. The molecule has 1 fully saturated rings. The molecule has 1 atom stereocenters. The van der Waals surface area contributed by atoms with Gasteiger partial charge in [0.25, 0.3) is 0 Å². The number of hydrogen-bond acceptors (Lipinski definition) is 1. The first-order chi connectivity index (χ1) is 6.57. The largest absolute Gasteiger partial charge is 0.310 e. The minimum atomic E-state index is 0.264. The van der Waals surface area contributed by atoms with Crippen LogP contribution in [-0.2, 0) is 5.41 Å². The number of hydrogen-bond donors (Lipinski definition) is 1. The molecule has 0 spiro atoms. The number of nitrogens with one attached hydrogen (secondary N) is 1. The molecular weight excluding hydrogens is 170 g/mol. The molecule has 0 aliphatic carbocycles. The molecule has 1 heteroatoms. The maximum Gasteiger partial charge on any atom is 0.0332 e. The molecule has 1 aliphatic rings. The van der Waals surface area contributed by atoms with E-state index in [9.17, 15) is 0 Å². The van der Waals surface area contributed by atoms with E-state index >= 15 is 0 Å². The number of benzene rings is 1. The highest BCUT2D eigenvalue weighted by atomic mass is 15.0. The van der Waals surface area contributed by atoms with Gasteiger partial charge in [-0.15, -0.1) is 0 Å². The van der Waals surface area contributed by atoms with Crippen molar-refractivity contribution in [3.05, 3.63) is 35.4 Å². The Kier molecular flexibility index (Phi) is 2.36. The summed E-state index contributed by atoms with van der Waals surface area (Å²) >= 11 is 0. The van der Waals surface area contributed by atoms with E-state index in [4.69, 9.17) is 0 Å². The topological polar surface area (TPSA) is 12.0 Å². The fourth-order valence-corrected chi connectivity index (χ4v) is 1.80. The summed E-state index contributed by atoms with van der Waals surface area (Å²) in [6.45, 7) is 7.96. The normalized spacial score (nSPS) is 21.8. The van der Waals surface area contributed by atoms with Gasteiger partial charge >= 0.3 is 0 Å². The first kappa shape index (κ1) is 9.72. The second-order valence-electron chi connectivity index (χ2n) is 5.17. The first-order valence-electron chi connectivity index (χ1n) is 5.41. The minimum Gasteiger partial charge on any atom is -0.310 e. The third-order valence-electron chi connectivity index (χ3n) is 2.98. The Morgan fingerprint density at radius 1 is 1.29 bits per heavy atom. The average Bonchev–Trinajstić information content (AvgIpc) is 2.00. The standard InChI is InChI=1S/C13H19N/c1-13(2,3)11-6-4-5-10(9-11)12-7-8-14-12/h4-6,9,12,14H,7-8H2,1-3H3/t12-/m1/s1. The zero-order chi connectivity index (χ0) is 10.2. The number of rotatable bonds is 1. The monoisotopic (exact) mass is 189 g/mol. The SMILES string of the molecule is CC(C)(C)c1cccc([C@H]2CCN2)c1. The second-order valence-corrected chi connectivity index (χ2v) is 5.17. The summed E-state index contributed by atoms with van der Waals surface area (Å²) in [5.74, 6) is 0. The predicted molar refractivity (Wildman–Crippen MR) is 60.5 cm³/mol. The van der Waals surface area contributed by atoms with Crippen LogP contribution in [0.1, 0.15) is 44.4 Å². The summed E-state index contributed by atoms with van der Waals surface area (Å²) in [4.78, 5) is 0. The van der Waals surface area contributed by atoms with Gasteiger partial charge in [0.2, 0.25) is 0 Å². The van der Waals surface area contributed by atoms with Crippen LogP contribution in [0.5, 0.6) is 0 Å². The van der Waals surface area contributed by atoms with Crippen LogP contribution in [0.4, 0.5) is 0 Å². The molecule has 1 saturated heterocycles. The van der Waals surface area contributed by atoms with Gasteiger partial charge < -0.3 is 5.32 Å². The fraction of sp³-hybridized carbons (Fsp3) is 0.538.